The number of rotatable bonds is 6. The zero-order valence-electron chi connectivity index (χ0n) is 13.6. The number of aromatic nitrogens is 2. The van der Waals surface area contributed by atoms with Crippen molar-refractivity contribution in [3.05, 3.63) is 40.8 Å². The van der Waals surface area contributed by atoms with Gasteiger partial charge in [-0.1, -0.05) is 6.07 Å². The number of aryl methyl sites for hydroxylation is 1. The summed E-state index contributed by atoms with van der Waals surface area (Å²) >= 11 is 1.57. The average molecular weight is 347 g/mol. The van der Waals surface area contributed by atoms with Crippen LogP contribution in [0.3, 0.4) is 0 Å². The molecule has 0 bridgehead atoms. The minimum atomic E-state index is -0.295. The van der Waals surface area contributed by atoms with Gasteiger partial charge in [-0.15, -0.1) is 11.3 Å². The van der Waals surface area contributed by atoms with Crippen molar-refractivity contribution in [1.82, 2.24) is 14.7 Å². The highest BCUT2D eigenvalue weighted by molar-refractivity contribution is 7.10. The van der Waals surface area contributed by atoms with E-state index in [1.165, 1.54) is 0 Å². The lowest BCUT2D eigenvalue weighted by Gasteiger charge is -2.37. The smallest absolute Gasteiger partial charge is 0.311 e. The first-order chi connectivity index (χ1) is 11.7. The van der Waals surface area contributed by atoms with Gasteiger partial charge in [0.15, 0.2) is 0 Å². The summed E-state index contributed by atoms with van der Waals surface area (Å²) < 4.78 is 7.29. The Morgan fingerprint density at radius 1 is 1.46 bits per heavy atom. The number of esters is 1. The van der Waals surface area contributed by atoms with E-state index in [9.17, 15) is 9.59 Å². The highest BCUT2D eigenvalue weighted by atomic mass is 32.1. The normalized spacial score (nSPS) is 21.0. The van der Waals surface area contributed by atoms with Crippen LogP contribution < -0.4 is 0 Å². The molecule has 0 aliphatic carbocycles. The van der Waals surface area contributed by atoms with Crippen LogP contribution in [0.15, 0.2) is 36.0 Å². The minimum Gasteiger partial charge on any atom is -0.465 e. The van der Waals surface area contributed by atoms with E-state index < -0.39 is 0 Å². The second-order valence-corrected chi connectivity index (χ2v) is 6.88. The molecule has 1 saturated heterocycles. The van der Waals surface area contributed by atoms with E-state index in [1.807, 2.05) is 34.5 Å². The number of likely N-dealkylation sites (tertiary alicyclic amines) is 1. The van der Waals surface area contributed by atoms with Crippen molar-refractivity contribution in [2.24, 2.45) is 5.92 Å². The molecule has 0 radical (unpaired) electrons. The predicted molar refractivity (Wildman–Crippen MR) is 90.4 cm³/mol. The predicted octanol–water partition coefficient (Wildman–Crippen LogP) is 2.49. The van der Waals surface area contributed by atoms with Crippen molar-refractivity contribution in [3.8, 4) is 0 Å². The molecule has 0 spiro atoms. The molecule has 1 fully saturated rings. The van der Waals surface area contributed by atoms with E-state index >= 15 is 0 Å². The summed E-state index contributed by atoms with van der Waals surface area (Å²) in [5.74, 6) is -0.430. The van der Waals surface area contributed by atoms with Crippen LogP contribution in [-0.4, -0.2) is 40.2 Å². The van der Waals surface area contributed by atoms with Gasteiger partial charge in [0, 0.05) is 43.7 Å². The third kappa shape index (κ3) is 3.67. The maximum atomic E-state index is 12.5. The highest BCUT2D eigenvalue weighted by Crippen LogP contribution is 2.38. The van der Waals surface area contributed by atoms with Gasteiger partial charge in [0.2, 0.25) is 5.91 Å². The second kappa shape index (κ2) is 7.61. The molecule has 1 aliphatic rings. The van der Waals surface area contributed by atoms with Gasteiger partial charge in [0.25, 0.3) is 0 Å². The van der Waals surface area contributed by atoms with Crippen LogP contribution in [0.25, 0.3) is 0 Å². The zero-order valence-corrected chi connectivity index (χ0v) is 14.4. The molecule has 2 aromatic heterocycles. The lowest BCUT2D eigenvalue weighted by molar-refractivity contribution is -0.156. The second-order valence-electron chi connectivity index (χ2n) is 5.90. The Labute approximate surface area is 145 Å². The lowest BCUT2D eigenvalue weighted by Crippen LogP contribution is -2.43. The van der Waals surface area contributed by atoms with E-state index in [0.717, 1.165) is 17.8 Å². The van der Waals surface area contributed by atoms with Gasteiger partial charge in [0.05, 0.1) is 18.6 Å². The first-order valence-electron chi connectivity index (χ1n) is 8.10. The quantitative estimate of drug-likeness (QED) is 0.595. The Bertz CT molecular complexity index is 669. The molecule has 3 heterocycles. The molecule has 2 aromatic rings. The van der Waals surface area contributed by atoms with Crippen LogP contribution in [0, 0.1) is 5.92 Å². The summed E-state index contributed by atoms with van der Waals surface area (Å²) in [6.45, 7) is 1.09. The number of ether oxygens (including phenoxy) is 1. The number of nitrogens with zero attached hydrogens (tertiary/aromatic N) is 3. The summed E-state index contributed by atoms with van der Waals surface area (Å²) in [7, 11) is 1.77. The Hall–Kier alpha value is -2.15. The number of carbonyl (C=O) groups excluding carboxylic acids is 2. The first-order valence-corrected chi connectivity index (χ1v) is 8.98. The number of hydrogen-bond donors (Lipinski definition) is 0. The molecule has 24 heavy (non-hydrogen) atoms. The number of hydrogen-bond acceptors (Lipinski definition) is 5. The van der Waals surface area contributed by atoms with Crippen LogP contribution in [0.5, 0.6) is 0 Å². The topological polar surface area (TPSA) is 64.4 Å². The summed E-state index contributed by atoms with van der Waals surface area (Å²) in [4.78, 5) is 27.3. The van der Waals surface area contributed by atoms with Crippen LogP contribution in [0.4, 0.5) is 0 Å². The van der Waals surface area contributed by atoms with Gasteiger partial charge in [-0.3, -0.25) is 14.3 Å². The molecule has 2 unspecified atom stereocenters. The van der Waals surface area contributed by atoms with Gasteiger partial charge in [-0.2, -0.15) is 5.10 Å². The van der Waals surface area contributed by atoms with E-state index in [0.29, 0.717) is 19.4 Å². The van der Waals surface area contributed by atoms with Gasteiger partial charge in [-0.05, 0) is 23.9 Å². The molecule has 0 aromatic carbocycles. The summed E-state index contributed by atoms with van der Waals surface area (Å²) in [5, 5.41) is 6.09. The van der Waals surface area contributed by atoms with Crippen molar-refractivity contribution >= 4 is 23.2 Å². The number of amides is 1. The summed E-state index contributed by atoms with van der Waals surface area (Å²) in [6, 6.07) is 5.57. The molecular formula is C17H21N3O3S. The molecule has 6 nitrogen and oxygen atoms in total. The molecule has 0 N–H and O–H groups in total. The fourth-order valence-electron chi connectivity index (χ4n) is 3.07. The Balaban J connectivity index is 1.58. The lowest BCUT2D eigenvalue weighted by atomic mass is 9.88. The number of piperidine rings is 1. The first kappa shape index (κ1) is 16.7. The average Bonchev–Trinajstić information content (AvgIpc) is 3.27. The highest BCUT2D eigenvalue weighted by Gasteiger charge is 2.40. The standard InChI is InChI=1S/C17H21N3O3S/c1-19-15(21)7-6-13(16(19)14-5-2-12-24-14)17(22)23-11-4-10-20-9-3-8-18-20/h2-3,5,8-9,12-13,16H,4,6-7,10-11H2,1H3. The zero-order chi connectivity index (χ0) is 16.9. The molecule has 1 amide bonds. The molecule has 2 atom stereocenters. The largest absolute Gasteiger partial charge is 0.465 e. The maximum Gasteiger partial charge on any atom is 0.311 e. The third-order valence-electron chi connectivity index (χ3n) is 4.33. The summed E-state index contributed by atoms with van der Waals surface area (Å²) in [5.41, 5.74) is 0. The van der Waals surface area contributed by atoms with E-state index in [2.05, 4.69) is 5.10 Å². The van der Waals surface area contributed by atoms with E-state index in [4.69, 9.17) is 4.74 Å². The van der Waals surface area contributed by atoms with Crippen LogP contribution in [-0.2, 0) is 20.9 Å². The van der Waals surface area contributed by atoms with Crippen molar-refractivity contribution in [3.63, 3.8) is 0 Å². The van der Waals surface area contributed by atoms with Gasteiger partial charge >= 0.3 is 5.97 Å². The van der Waals surface area contributed by atoms with Crippen LogP contribution >= 0.6 is 11.3 Å². The van der Waals surface area contributed by atoms with Crippen LogP contribution in [0.2, 0.25) is 0 Å². The van der Waals surface area contributed by atoms with Crippen LogP contribution in [0.1, 0.15) is 30.2 Å². The van der Waals surface area contributed by atoms with Crippen molar-refractivity contribution in [2.45, 2.75) is 31.8 Å². The Kier molecular flexibility index (Phi) is 5.30. The molecular weight excluding hydrogens is 326 g/mol. The molecule has 3 rings (SSSR count). The van der Waals surface area contributed by atoms with Crippen molar-refractivity contribution < 1.29 is 14.3 Å². The van der Waals surface area contributed by atoms with Crippen molar-refractivity contribution in [1.29, 1.82) is 0 Å². The van der Waals surface area contributed by atoms with Gasteiger partial charge in [-0.25, -0.2) is 0 Å². The Morgan fingerprint density at radius 3 is 3.04 bits per heavy atom. The Morgan fingerprint density at radius 2 is 2.33 bits per heavy atom. The SMILES string of the molecule is CN1C(=O)CCC(C(=O)OCCCn2cccn2)C1c1cccs1. The third-order valence-corrected chi connectivity index (χ3v) is 5.28. The molecule has 128 valence electrons. The van der Waals surface area contributed by atoms with Crippen molar-refractivity contribution in [2.75, 3.05) is 13.7 Å². The van der Waals surface area contributed by atoms with Gasteiger partial charge < -0.3 is 9.64 Å². The van der Waals surface area contributed by atoms with E-state index in [1.54, 1.807) is 29.5 Å². The maximum absolute atomic E-state index is 12.5. The van der Waals surface area contributed by atoms with Gasteiger partial charge in [0.1, 0.15) is 0 Å². The molecule has 0 saturated carbocycles. The molecule has 1 aliphatic heterocycles. The fourth-order valence-corrected chi connectivity index (χ4v) is 4.01. The fraction of sp³-hybridized carbons (Fsp3) is 0.471. The summed E-state index contributed by atoms with van der Waals surface area (Å²) in [6.07, 6.45) is 5.27. The van der Waals surface area contributed by atoms with E-state index in [-0.39, 0.29) is 23.8 Å². The minimum absolute atomic E-state index is 0.0798. The monoisotopic (exact) mass is 347 g/mol. The molecule has 7 heteroatoms. The number of thiophene rings is 1. The number of carbonyl (C=O) groups is 2.